The third-order valence-electron chi connectivity index (χ3n) is 2.03. The summed E-state index contributed by atoms with van der Waals surface area (Å²) in [5, 5.41) is 8.41. The number of rotatable bonds is 7. The molecule has 8 heteroatoms. The molecule has 1 amide bonds. The Labute approximate surface area is 100 Å². The van der Waals surface area contributed by atoms with Crippen molar-refractivity contribution in [1.29, 1.82) is 0 Å². The zero-order valence-electron chi connectivity index (χ0n) is 9.56. The second kappa shape index (κ2) is 6.36. The fraction of sp³-hybridized carbons (Fsp3) is 0.556. The van der Waals surface area contributed by atoms with Crippen molar-refractivity contribution in [2.75, 3.05) is 13.1 Å². The molecule has 0 aliphatic heterocycles. The topological polar surface area (TPSA) is 104 Å². The summed E-state index contributed by atoms with van der Waals surface area (Å²) in [6, 6.07) is 1.32. The molecule has 0 radical (unpaired) electrons. The number of amides is 1. The number of carbonyl (C=O) groups is 1. The molecular formula is C9H16N4O3S. The Kier molecular flexibility index (Phi) is 5.11. The second-order valence-electron chi connectivity index (χ2n) is 3.44. The lowest BCUT2D eigenvalue weighted by Crippen LogP contribution is -2.37. The molecule has 3 N–H and O–H groups in total. The molecule has 96 valence electrons. The summed E-state index contributed by atoms with van der Waals surface area (Å²) in [7, 11) is -3.70. The Morgan fingerprint density at radius 1 is 1.53 bits per heavy atom. The van der Waals surface area contributed by atoms with Crippen LogP contribution in [-0.4, -0.2) is 37.6 Å². The first-order valence-electron chi connectivity index (χ1n) is 5.32. The number of unbranched alkanes of at least 4 members (excludes halogenated alkanes) is 1. The molecule has 0 saturated heterocycles. The largest absolute Gasteiger partial charge is 0.355 e. The first kappa shape index (κ1) is 13.7. The van der Waals surface area contributed by atoms with Crippen LogP contribution in [0, 0.1) is 0 Å². The standard InChI is InChI=1S/C9H16N4O3S/c1-2-3-5-10-8(14)7-12-17(15,16)9-4-6-11-13-9/h4,6,12H,2-3,5,7H2,1H3,(H,10,14)(H,11,13). The number of sulfonamides is 1. The predicted octanol–water partition coefficient (Wildman–Crippen LogP) is -0.396. The van der Waals surface area contributed by atoms with Gasteiger partial charge in [-0.15, -0.1) is 0 Å². The summed E-state index contributed by atoms with van der Waals surface area (Å²) < 4.78 is 25.3. The molecule has 1 rings (SSSR count). The molecule has 17 heavy (non-hydrogen) atoms. The zero-order valence-corrected chi connectivity index (χ0v) is 10.4. The van der Waals surface area contributed by atoms with Crippen molar-refractivity contribution in [2.24, 2.45) is 0 Å². The van der Waals surface area contributed by atoms with Crippen molar-refractivity contribution in [2.45, 2.75) is 24.8 Å². The molecule has 0 fully saturated rings. The van der Waals surface area contributed by atoms with Gasteiger partial charge >= 0.3 is 0 Å². The van der Waals surface area contributed by atoms with E-state index >= 15 is 0 Å². The maximum Gasteiger partial charge on any atom is 0.260 e. The van der Waals surface area contributed by atoms with E-state index in [1.807, 2.05) is 6.92 Å². The van der Waals surface area contributed by atoms with Crippen molar-refractivity contribution in [3.63, 3.8) is 0 Å². The highest BCUT2D eigenvalue weighted by atomic mass is 32.2. The van der Waals surface area contributed by atoms with E-state index in [2.05, 4.69) is 20.2 Å². The Balaban J connectivity index is 2.38. The fourth-order valence-corrected chi connectivity index (χ4v) is 1.99. The van der Waals surface area contributed by atoms with Crippen LogP contribution in [-0.2, 0) is 14.8 Å². The van der Waals surface area contributed by atoms with Gasteiger partial charge in [-0.1, -0.05) is 13.3 Å². The van der Waals surface area contributed by atoms with Crippen LogP contribution in [0.25, 0.3) is 0 Å². The van der Waals surface area contributed by atoms with Gasteiger partial charge in [-0.25, -0.2) is 13.1 Å². The molecule has 0 atom stereocenters. The molecule has 1 aromatic rings. The molecule has 7 nitrogen and oxygen atoms in total. The maximum atomic E-state index is 11.6. The lowest BCUT2D eigenvalue weighted by molar-refractivity contribution is -0.119. The minimum Gasteiger partial charge on any atom is -0.355 e. The number of hydrogen-bond donors (Lipinski definition) is 3. The summed E-state index contributed by atoms with van der Waals surface area (Å²) in [4.78, 5) is 11.3. The quantitative estimate of drug-likeness (QED) is 0.580. The number of nitrogens with zero attached hydrogens (tertiary/aromatic N) is 1. The SMILES string of the molecule is CCCCNC(=O)CNS(=O)(=O)c1cc[nH]n1. The van der Waals surface area contributed by atoms with Gasteiger partial charge in [-0.2, -0.15) is 5.10 Å². The normalized spacial score (nSPS) is 11.4. The van der Waals surface area contributed by atoms with Gasteiger partial charge in [-0.05, 0) is 12.5 Å². The molecule has 0 aromatic carbocycles. The lowest BCUT2D eigenvalue weighted by Gasteiger charge is -2.05. The smallest absolute Gasteiger partial charge is 0.260 e. The minimum atomic E-state index is -3.70. The third-order valence-corrected chi connectivity index (χ3v) is 3.33. The van der Waals surface area contributed by atoms with E-state index in [1.165, 1.54) is 12.3 Å². The van der Waals surface area contributed by atoms with E-state index in [4.69, 9.17) is 0 Å². The highest BCUT2D eigenvalue weighted by Crippen LogP contribution is 2.00. The number of nitrogens with one attached hydrogen (secondary N) is 3. The summed E-state index contributed by atoms with van der Waals surface area (Å²) in [5.41, 5.74) is 0. The van der Waals surface area contributed by atoms with Crippen LogP contribution in [0.5, 0.6) is 0 Å². The van der Waals surface area contributed by atoms with Crippen LogP contribution in [0.1, 0.15) is 19.8 Å². The monoisotopic (exact) mass is 260 g/mol. The molecule has 1 heterocycles. The number of H-pyrrole nitrogens is 1. The van der Waals surface area contributed by atoms with Crippen molar-refractivity contribution in [3.05, 3.63) is 12.3 Å². The van der Waals surface area contributed by atoms with Gasteiger partial charge in [0.2, 0.25) is 5.91 Å². The lowest BCUT2D eigenvalue weighted by atomic mass is 10.3. The van der Waals surface area contributed by atoms with Crippen LogP contribution in [0.3, 0.4) is 0 Å². The van der Waals surface area contributed by atoms with Crippen LogP contribution in [0.4, 0.5) is 0 Å². The van der Waals surface area contributed by atoms with Crippen molar-refractivity contribution >= 4 is 15.9 Å². The minimum absolute atomic E-state index is 0.126. The van der Waals surface area contributed by atoms with Gasteiger partial charge in [0.25, 0.3) is 10.0 Å². The first-order chi connectivity index (χ1) is 8.06. The number of aromatic amines is 1. The highest BCUT2D eigenvalue weighted by Gasteiger charge is 2.16. The second-order valence-corrected chi connectivity index (χ2v) is 5.15. The maximum absolute atomic E-state index is 11.6. The predicted molar refractivity (Wildman–Crippen MR) is 61.7 cm³/mol. The summed E-state index contributed by atoms with van der Waals surface area (Å²) in [6.45, 7) is 2.28. The number of carbonyl (C=O) groups excluding carboxylic acids is 1. The van der Waals surface area contributed by atoms with Gasteiger partial charge in [0.15, 0.2) is 5.03 Å². The van der Waals surface area contributed by atoms with Crippen molar-refractivity contribution in [3.8, 4) is 0 Å². The van der Waals surface area contributed by atoms with Crippen molar-refractivity contribution in [1.82, 2.24) is 20.2 Å². The molecule has 0 spiro atoms. The summed E-state index contributed by atoms with van der Waals surface area (Å²) in [6.07, 6.45) is 3.24. The Morgan fingerprint density at radius 3 is 2.88 bits per heavy atom. The van der Waals surface area contributed by atoms with E-state index < -0.39 is 10.0 Å². The van der Waals surface area contributed by atoms with Crippen LogP contribution >= 0.6 is 0 Å². The average Bonchev–Trinajstić information content (AvgIpc) is 2.81. The Hall–Kier alpha value is -1.41. The first-order valence-corrected chi connectivity index (χ1v) is 6.80. The van der Waals surface area contributed by atoms with E-state index in [9.17, 15) is 13.2 Å². The molecular weight excluding hydrogens is 244 g/mol. The summed E-state index contributed by atoms with van der Waals surface area (Å²) in [5.74, 6) is -0.349. The van der Waals surface area contributed by atoms with Gasteiger partial charge in [0.05, 0.1) is 6.54 Å². The molecule has 0 aliphatic rings. The van der Waals surface area contributed by atoms with Crippen molar-refractivity contribution < 1.29 is 13.2 Å². The van der Waals surface area contributed by atoms with Crippen LogP contribution in [0.15, 0.2) is 17.3 Å². The number of aromatic nitrogens is 2. The molecule has 0 aliphatic carbocycles. The van der Waals surface area contributed by atoms with E-state index in [0.29, 0.717) is 6.54 Å². The molecule has 1 aromatic heterocycles. The molecule has 0 unspecified atom stereocenters. The third kappa shape index (κ3) is 4.53. The fourth-order valence-electron chi connectivity index (χ4n) is 1.10. The van der Waals surface area contributed by atoms with Gasteiger partial charge in [0, 0.05) is 12.7 Å². The van der Waals surface area contributed by atoms with Crippen LogP contribution in [0.2, 0.25) is 0 Å². The molecule has 0 saturated carbocycles. The highest BCUT2D eigenvalue weighted by molar-refractivity contribution is 7.89. The molecule has 0 bridgehead atoms. The van der Waals surface area contributed by atoms with Gasteiger partial charge in [-0.3, -0.25) is 9.89 Å². The van der Waals surface area contributed by atoms with E-state index in [0.717, 1.165) is 12.8 Å². The Bertz CT molecular complexity index is 441. The zero-order chi connectivity index (χ0) is 12.7. The average molecular weight is 260 g/mol. The number of hydrogen-bond acceptors (Lipinski definition) is 4. The van der Waals surface area contributed by atoms with Crippen LogP contribution < -0.4 is 10.0 Å². The summed E-state index contributed by atoms with van der Waals surface area (Å²) >= 11 is 0. The van der Waals surface area contributed by atoms with E-state index in [-0.39, 0.29) is 17.5 Å². The van der Waals surface area contributed by atoms with E-state index in [1.54, 1.807) is 0 Å². The van der Waals surface area contributed by atoms with Gasteiger partial charge < -0.3 is 5.32 Å². The van der Waals surface area contributed by atoms with Gasteiger partial charge in [0.1, 0.15) is 0 Å². The Morgan fingerprint density at radius 2 is 2.29 bits per heavy atom.